The van der Waals surface area contributed by atoms with Crippen LogP contribution in [0.15, 0.2) is 11.6 Å². The van der Waals surface area contributed by atoms with Crippen LogP contribution in [0.3, 0.4) is 0 Å². The highest BCUT2D eigenvalue weighted by atomic mass is 16.6. The number of allylic oxidation sites excluding steroid dienone is 2. The molecule has 1 unspecified atom stereocenters. The van der Waals surface area contributed by atoms with E-state index in [9.17, 15) is 4.79 Å². The fraction of sp³-hybridized carbons (Fsp3) is 0.625. The molecule has 1 aromatic heterocycles. The number of aromatic nitrogens is 2. The van der Waals surface area contributed by atoms with Crippen LogP contribution in [0.2, 0.25) is 5.82 Å². The molecule has 4 nitrogen and oxygen atoms in total. The first-order valence-corrected chi connectivity index (χ1v) is 7.51. The molecule has 1 heterocycles. The Labute approximate surface area is 128 Å². The summed E-state index contributed by atoms with van der Waals surface area (Å²) >= 11 is 0. The molecule has 0 aromatic carbocycles. The van der Waals surface area contributed by atoms with Gasteiger partial charge in [0, 0.05) is 5.69 Å². The fourth-order valence-electron chi connectivity index (χ4n) is 2.34. The summed E-state index contributed by atoms with van der Waals surface area (Å²) in [6.45, 7) is 9.53. The van der Waals surface area contributed by atoms with Crippen LogP contribution >= 0.6 is 0 Å². The van der Waals surface area contributed by atoms with Crippen molar-refractivity contribution in [2.24, 2.45) is 0 Å². The molecule has 0 aliphatic heterocycles. The maximum absolute atomic E-state index is 12.2. The lowest BCUT2D eigenvalue weighted by molar-refractivity contribution is 0.0511. The third-order valence-electron chi connectivity index (χ3n) is 3.38. The molecule has 1 atom stereocenters. The van der Waals surface area contributed by atoms with Crippen molar-refractivity contribution in [1.29, 1.82) is 0 Å². The predicted octanol–water partition coefficient (Wildman–Crippen LogP) is 3.89. The first kappa shape index (κ1) is 15.9. The molecule has 0 saturated heterocycles. The largest absolute Gasteiger partial charge is 0.442 e. The number of ether oxygens (including phenoxy) is 1. The average Bonchev–Trinajstić information content (AvgIpc) is 2.92. The fourth-order valence-corrected chi connectivity index (χ4v) is 2.34. The molecule has 0 N–H and O–H groups in total. The Kier molecular flexibility index (Phi) is 4.31. The van der Waals surface area contributed by atoms with Gasteiger partial charge in [0.2, 0.25) is 0 Å². The Morgan fingerprint density at radius 2 is 2.14 bits per heavy atom. The number of carbonyl (C=O) groups excluding carboxylic acids is 1. The van der Waals surface area contributed by atoms with E-state index in [1.807, 2.05) is 33.8 Å². The molecule has 2 radical (unpaired) electrons. The molecular weight excluding hydrogens is 263 g/mol. The van der Waals surface area contributed by atoms with Crippen molar-refractivity contribution >= 4 is 19.5 Å². The summed E-state index contributed by atoms with van der Waals surface area (Å²) in [5.74, 6) is 0.165. The van der Waals surface area contributed by atoms with Gasteiger partial charge in [0.25, 0.3) is 0 Å². The minimum Gasteiger partial charge on any atom is -0.442 e. The van der Waals surface area contributed by atoms with Gasteiger partial charge in [-0.3, -0.25) is 0 Å². The minimum absolute atomic E-state index is 0.165. The van der Waals surface area contributed by atoms with Gasteiger partial charge in [0.1, 0.15) is 5.60 Å². The third-order valence-corrected chi connectivity index (χ3v) is 3.38. The van der Waals surface area contributed by atoms with Gasteiger partial charge in [-0.05, 0) is 52.2 Å². The summed E-state index contributed by atoms with van der Waals surface area (Å²) in [6, 6.07) is 1.94. The van der Waals surface area contributed by atoms with Crippen molar-refractivity contribution in [2.45, 2.75) is 65.3 Å². The number of hydrogen-bond acceptors (Lipinski definition) is 3. The molecule has 0 amide bonds. The minimum atomic E-state index is -0.529. The Morgan fingerprint density at radius 3 is 2.62 bits per heavy atom. The quantitative estimate of drug-likeness (QED) is 0.792. The maximum Gasteiger partial charge on any atom is 0.435 e. The summed E-state index contributed by atoms with van der Waals surface area (Å²) in [5.41, 5.74) is 3.56. The summed E-state index contributed by atoms with van der Waals surface area (Å²) in [4.78, 5) is 12.2. The smallest absolute Gasteiger partial charge is 0.435 e. The molecule has 21 heavy (non-hydrogen) atoms. The van der Waals surface area contributed by atoms with Gasteiger partial charge in [-0.1, -0.05) is 24.7 Å². The topological polar surface area (TPSA) is 44.1 Å². The number of nitrogens with zero attached hydrogens (tertiary/aromatic N) is 2. The normalized spacial score (nSPS) is 20.3. The molecule has 1 fully saturated rings. The van der Waals surface area contributed by atoms with Crippen LogP contribution in [0, 0.1) is 6.92 Å². The van der Waals surface area contributed by atoms with Crippen molar-refractivity contribution in [2.75, 3.05) is 0 Å². The number of aryl methyl sites for hydroxylation is 1. The molecule has 5 heteroatoms. The van der Waals surface area contributed by atoms with E-state index in [0.717, 1.165) is 30.7 Å². The molecule has 112 valence electrons. The first-order valence-electron chi connectivity index (χ1n) is 7.51. The number of carbonyl (C=O) groups is 1. The van der Waals surface area contributed by atoms with E-state index in [1.54, 1.807) is 0 Å². The van der Waals surface area contributed by atoms with Crippen LogP contribution in [0.5, 0.6) is 0 Å². The van der Waals surface area contributed by atoms with Crippen molar-refractivity contribution in [1.82, 2.24) is 9.78 Å². The van der Waals surface area contributed by atoms with Gasteiger partial charge in [-0.15, -0.1) is 0 Å². The average molecular weight is 286 g/mol. The molecule has 2 rings (SSSR count). The van der Waals surface area contributed by atoms with Crippen LogP contribution in [0.4, 0.5) is 4.79 Å². The van der Waals surface area contributed by atoms with Crippen molar-refractivity contribution < 1.29 is 9.53 Å². The second-order valence-electron chi connectivity index (χ2n) is 6.63. The molecule has 1 aliphatic rings. The first-order chi connectivity index (χ1) is 9.73. The van der Waals surface area contributed by atoms with Crippen LogP contribution in [0.25, 0.3) is 5.57 Å². The molecule has 0 bridgehead atoms. The van der Waals surface area contributed by atoms with E-state index in [2.05, 4.69) is 12.0 Å². The van der Waals surface area contributed by atoms with Gasteiger partial charge in [-0.2, -0.15) is 9.78 Å². The molecular formula is C16H23BN2O2. The molecule has 1 saturated carbocycles. The van der Waals surface area contributed by atoms with Gasteiger partial charge in [0.05, 0.1) is 13.5 Å². The van der Waals surface area contributed by atoms with Crippen molar-refractivity contribution in [3.63, 3.8) is 0 Å². The summed E-state index contributed by atoms with van der Waals surface area (Å²) in [5, 5.41) is 4.44. The van der Waals surface area contributed by atoms with Crippen LogP contribution in [-0.4, -0.2) is 29.3 Å². The molecule has 0 spiro atoms. The van der Waals surface area contributed by atoms with E-state index in [4.69, 9.17) is 12.6 Å². The van der Waals surface area contributed by atoms with Gasteiger partial charge < -0.3 is 4.74 Å². The second-order valence-corrected chi connectivity index (χ2v) is 6.63. The zero-order valence-corrected chi connectivity index (χ0v) is 13.6. The summed E-state index contributed by atoms with van der Waals surface area (Å²) < 4.78 is 6.71. The predicted molar refractivity (Wildman–Crippen MR) is 84.5 cm³/mol. The Morgan fingerprint density at radius 1 is 1.52 bits per heavy atom. The lowest BCUT2D eigenvalue weighted by Gasteiger charge is -2.19. The summed E-state index contributed by atoms with van der Waals surface area (Å²) in [6.07, 6.45) is 2.47. The highest BCUT2D eigenvalue weighted by Crippen LogP contribution is 2.47. The Balaban J connectivity index is 2.29. The van der Waals surface area contributed by atoms with Crippen molar-refractivity contribution in [3.8, 4) is 0 Å². The van der Waals surface area contributed by atoms with Gasteiger partial charge in [0.15, 0.2) is 0 Å². The zero-order valence-electron chi connectivity index (χ0n) is 13.6. The monoisotopic (exact) mass is 286 g/mol. The molecule has 1 aromatic rings. The highest BCUT2D eigenvalue weighted by Gasteiger charge is 2.29. The zero-order chi connectivity index (χ0) is 15.8. The maximum atomic E-state index is 12.2. The van der Waals surface area contributed by atoms with E-state index in [1.165, 1.54) is 15.8 Å². The van der Waals surface area contributed by atoms with Crippen LogP contribution in [-0.2, 0) is 4.74 Å². The van der Waals surface area contributed by atoms with Crippen LogP contribution < -0.4 is 0 Å². The van der Waals surface area contributed by atoms with Gasteiger partial charge >= 0.3 is 6.09 Å². The van der Waals surface area contributed by atoms with E-state index < -0.39 is 11.7 Å². The SMILES string of the molecule is [B]C1CC1=C(CCC)c1cc(C)n(C(=O)OC(C)(C)C)n1. The lowest BCUT2D eigenvalue weighted by atomic mass is 9.98. The number of hydrogen-bond donors (Lipinski definition) is 0. The third kappa shape index (κ3) is 3.77. The lowest BCUT2D eigenvalue weighted by Crippen LogP contribution is -2.28. The standard InChI is InChI=1S/C16H23BN2O2/c1-6-7-11(12-9-13(12)17)14-8-10(2)19(18-14)15(20)21-16(3,4)5/h8,13H,6-7,9H2,1-5H3. The Hall–Kier alpha value is -1.52. The summed E-state index contributed by atoms with van der Waals surface area (Å²) in [7, 11) is 5.94. The van der Waals surface area contributed by atoms with E-state index >= 15 is 0 Å². The Bertz CT molecular complexity index is 582. The second kappa shape index (κ2) is 5.70. The van der Waals surface area contributed by atoms with Gasteiger partial charge in [-0.25, -0.2) is 4.79 Å². The van der Waals surface area contributed by atoms with E-state index in [0.29, 0.717) is 0 Å². The van der Waals surface area contributed by atoms with Crippen molar-refractivity contribution in [3.05, 3.63) is 23.0 Å². The molecule has 1 aliphatic carbocycles. The van der Waals surface area contributed by atoms with Crippen LogP contribution in [0.1, 0.15) is 58.3 Å². The highest BCUT2D eigenvalue weighted by molar-refractivity contribution is 6.18. The van der Waals surface area contributed by atoms with E-state index in [-0.39, 0.29) is 5.82 Å². The number of rotatable bonds is 3.